The van der Waals surface area contributed by atoms with Crippen molar-refractivity contribution in [3.8, 4) is 0 Å². The van der Waals surface area contributed by atoms with Crippen molar-refractivity contribution >= 4 is 17.9 Å². The second-order valence-corrected chi connectivity index (χ2v) is 4.88. The number of hydrogen-bond acceptors (Lipinski definition) is 3. The van der Waals surface area contributed by atoms with E-state index in [4.69, 9.17) is 9.47 Å². The number of amides is 1. The van der Waals surface area contributed by atoms with Crippen molar-refractivity contribution in [3.63, 3.8) is 0 Å². The van der Waals surface area contributed by atoms with E-state index in [-0.39, 0.29) is 6.09 Å². The summed E-state index contributed by atoms with van der Waals surface area (Å²) >= 11 is 0. The molecule has 1 aliphatic heterocycles. The lowest BCUT2D eigenvalue weighted by molar-refractivity contribution is 0.103. The van der Waals surface area contributed by atoms with E-state index in [1.54, 1.807) is 7.11 Å². The predicted molar refractivity (Wildman–Crippen MR) is 74.9 cm³/mol. The average molecular weight is 261 g/mol. The van der Waals surface area contributed by atoms with E-state index < -0.39 is 6.23 Å². The molecule has 2 rings (SSSR count). The molecule has 1 heterocycles. The zero-order valence-electron chi connectivity index (χ0n) is 11.5. The zero-order valence-corrected chi connectivity index (χ0v) is 11.5. The number of ether oxygens (including phenoxy) is 2. The summed E-state index contributed by atoms with van der Waals surface area (Å²) in [4.78, 5) is 13.8. The van der Waals surface area contributed by atoms with Crippen LogP contribution in [0, 0.1) is 5.92 Å². The Balaban J connectivity index is 2.25. The van der Waals surface area contributed by atoms with E-state index in [9.17, 15) is 4.79 Å². The number of hydrogen-bond donors (Lipinski definition) is 0. The lowest BCUT2D eigenvalue weighted by atomic mass is 10.1. The van der Waals surface area contributed by atoms with E-state index in [2.05, 4.69) is 0 Å². The van der Waals surface area contributed by atoms with Crippen LogP contribution in [0.1, 0.15) is 19.4 Å². The van der Waals surface area contributed by atoms with Gasteiger partial charge < -0.3 is 9.47 Å². The first-order chi connectivity index (χ1) is 9.13. The van der Waals surface area contributed by atoms with Crippen molar-refractivity contribution in [2.45, 2.75) is 20.1 Å². The van der Waals surface area contributed by atoms with Gasteiger partial charge >= 0.3 is 6.09 Å². The minimum atomic E-state index is -0.422. The Labute approximate surface area is 113 Å². The molecule has 0 aliphatic carbocycles. The monoisotopic (exact) mass is 261 g/mol. The van der Waals surface area contributed by atoms with Crippen molar-refractivity contribution in [2.24, 2.45) is 5.92 Å². The number of carbonyl (C=O) groups is 1. The van der Waals surface area contributed by atoms with Crippen LogP contribution in [-0.2, 0) is 9.47 Å². The highest BCUT2D eigenvalue weighted by Gasteiger charge is 2.29. The van der Waals surface area contributed by atoms with Gasteiger partial charge in [-0.3, -0.25) is 0 Å². The van der Waals surface area contributed by atoms with Crippen LogP contribution in [0.4, 0.5) is 10.5 Å². The molecule has 0 saturated carbocycles. The number of methoxy groups -OCH3 is 1. The maximum Gasteiger partial charge on any atom is 0.416 e. The van der Waals surface area contributed by atoms with Crippen LogP contribution in [0.15, 0.2) is 30.3 Å². The van der Waals surface area contributed by atoms with Crippen LogP contribution < -0.4 is 4.90 Å². The van der Waals surface area contributed by atoms with Gasteiger partial charge in [-0.2, -0.15) is 0 Å². The van der Waals surface area contributed by atoms with E-state index in [1.165, 1.54) is 4.90 Å². The van der Waals surface area contributed by atoms with Gasteiger partial charge in [0, 0.05) is 7.11 Å². The number of nitrogens with zero attached hydrogens (tertiary/aromatic N) is 1. The van der Waals surface area contributed by atoms with E-state index in [0.717, 1.165) is 11.3 Å². The normalized spacial score (nSPS) is 17.5. The van der Waals surface area contributed by atoms with E-state index in [1.807, 2.05) is 50.3 Å². The number of anilines is 1. The van der Waals surface area contributed by atoms with Crippen LogP contribution in [0.25, 0.3) is 6.08 Å². The fraction of sp³-hybridized carbons (Fsp3) is 0.400. The van der Waals surface area contributed by atoms with Gasteiger partial charge in [0.05, 0.1) is 12.3 Å². The molecule has 0 aromatic heterocycles. The molecule has 0 saturated heterocycles. The lowest BCUT2D eigenvalue weighted by Crippen LogP contribution is -2.43. The predicted octanol–water partition coefficient (Wildman–Crippen LogP) is 3.28. The Morgan fingerprint density at radius 1 is 1.37 bits per heavy atom. The molecule has 1 amide bonds. The molecule has 0 spiro atoms. The van der Waals surface area contributed by atoms with E-state index in [0.29, 0.717) is 12.5 Å². The van der Waals surface area contributed by atoms with Gasteiger partial charge in [0.15, 0.2) is 6.23 Å². The number of rotatable bonds is 3. The molecule has 4 heteroatoms. The molecular formula is C15H19NO3. The summed E-state index contributed by atoms with van der Waals surface area (Å²) in [5, 5.41) is 0. The summed E-state index contributed by atoms with van der Waals surface area (Å²) in [5.41, 5.74) is 1.79. The summed E-state index contributed by atoms with van der Waals surface area (Å²) in [6, 6.07) is 7.68. The molecule has 1 atom stereocenters. The highest BCUT2D eigenvalue weighted by Crippen LogP contribution is 2.29. The molecule has 4 nitrogen and oxygen atoms in total. The molecule has 1 aromatic carbocycles. The first kappa shape index (κ1) is 13.6. The zero-order chi connectivity index (χ0) is 13.8. The van der Waals surface area contributed by atoms with Gasteiger partial charge in [0.2, 0.25) is 0 Å². The third kappa shape index (κ3) is 2.96. The first-order valence-electron chi connectivity index (χ1n) is 6.39. The number of para-hydroxylation sites is 1. The van der Waals surface area contributed by atoms with E-state index >= 15 is 0 Å². The minimum Gasteiger partial charge on any atom is -0.449 e. The third-order valence-electron chi connectivity index (χ3n) is 2.87. The molecular weight excluding hydrogens is 242 g/mol. The third-order valence-corrected chi connectivity index (χ3v) is 2.87. The summed E-state index contributed by atoms with van der Waals surface area (Å²) in [7, 11) is 1.58. The van der Waals surface area contributed by atoms with Crippen LogP contribution >= 0.6 is 0 Å². The van der Waals surface area contributed by atoms with Crippen molar-refractivity contribution in [1.82, 2.24) is 0 Å². The summed E-state index contributed by atoms with van der Waals surface area (Å²) in [5.74, 6) is 0.306. The second kappa shape index (κ2) is 5.89. The largest absolute Gasteiger partial charge is 0.449 e. The standard InChI is InChI=1S/C15H19NO3/c1-11(2)10-19-15(17)16-13-7-5-4-6-12(13)8-9-14(16)18-3/h4-9,11,14H,10H2,1-3H3. The SMILES string of the molecule is COC1C=Cc2ccccc2N1C(=O)OCC(C)C. The van der Waals surface area contributed by atoms with Crippen molar-refractivity contribution in [1.29, 1.82) is 0 Å². The first-order valence-corrected chi connectivity index (χ1v) is 6.39. The van der Waals surface area contributed by atoms with Crippen LogP contribution in [-0.4, -0.2) is 26.0 Å². The Bertz CT molecular complexity index is 482. The van der Waals surface area contributed by atoms with Gasteiger partial charge in [0.1, 0.15) is 0 Å². The average Bonchev–Trinajstić information content (AvgIpc) is 2.43. The van der Waals surface area contributed by atoms with Gasteiger partial charge in [-0.1, -0.05) is 38.1 Å². The minimum absolute atomic E-state index is 0.306. The molecule has 0 bridgehead atoms. The van der Waals surface area contributed by atoms with Gasteiger partial charge in [-0.25, -0.2) is 9.69 Å². The quantitative estimate of drug-likeness (QED) is 0.838. The Hall–Kier alpha value is -1.81. The Kier molecular flexibility index (Phi) is 4.22. The van der Waals surface area contributed by atoms with Crippen LogP contribution in [0.3, 0.4) is 0 Å². The molecule has 1 aliphatic rings. The smallest absolute Gasteiger partial charge is 0.416 e. The maximum absolute atomic E-state index is 12.2. The second-order valence-electron chi connectivity index (χ2n) is 4.88. The molecule has 19 heavy (non-hydrogen) atoms. The summed E-state index contributed by atoms with van der Waals surface area (Å²) in [6.45, 7) is 4.41. The number of benzene rings is 1. The van der Waals surface area contributed by atoms with Crippen molar-refractivity contribution in [2.75, 3.05) is 18.6 Å². The number of fused-ring (bicyclic) bond motifs is 1. The van der Waals surface area contributed by atoms with Crippen LogP contribution in [0.2, 0.25) is 0 Å². The molecule has 0 N–H and O–H groups in total. The number of carbonyl (C=O) groups excluding carboxylic acids is 1. The molecule has 0 fully saturated rings. The molecule has 1 aromatic rings. The molecule has 0 radical (unpaired) electrons. The van der Waals surface area contributed by atoms with Crippen LogP contribution in [0.5, 0.6) is 0 Å². The van der Waals surface area contributed by atoms with Gasteiger partial charge in [-0.15, -0.1) is 0 Å². The van der Waals surface area contributed by atoms with Crippen molar-refractivity contribution < 1.29 is 14.3 Å². The van der Waals surface area contributed by atoms with Gasteiger partial charge in [-0.05, 0) is 23.6 Å². The fourth-order valence-electron chi connectivity index (χ4n) is 1.95. The maximum atomic E-state index is 12.2. The Morgan fingerprint density at radius 2 is 2.11 bits per heavy atom. The molecule has 1 unspecified atom stereocenters. The summed E-state index contributed by atoms with van der Waals surface area (Å²) in [6.07, 6.45) is 3.00. The topological polar surface area (TPSA) is 38.8 Å². The fourth-order valence-corrected chi connectivity index (χ4v) is 1.95. The summed E-state index contributed by atoms with van der Waals surface area (Å²) < 4.78 is 10.6. The van der Waals surface area contributed by atoms with Gasteiger partial charge in [0.25, 0.3) is 0 Å². The Morgan fingerprint density at radius 3 is 2.79 bits per heavy atom. The van der Waals surface area contributed by atoms with Crippen molar-refractivity contribution in [3.05, 3.63) is 35.9 Å². The lowest BCUT2D eigenvalue weighted by Gasteiger charge is -2.32. The highest BCUT2D eigenvalue weighted by atomic mass is 16.6. The molecule has 102 valence electrons. The highest BCUT2D eigenvalue weighted by molar-refractivity contribution is 5.93.